The van der Waals surface area contributed by atoms with Crippen molar-refractivity contribution in [1.29, 1.82) is 0 Å². The van der Waals surface area contributed by atoms with Crippen molar-refractivity contribution in [1.82, 2.24) is 25.5 Å². The van der Waals surface area contributed by atoms with Crippen LogP contribution in [0.1, 0.15) is 54.0 Å². The van der Waals surface area contributed by atoms with E-state index in [0.717, 1.165) is 47.2 Å². The largest absolute Gasteiger partial charge is 0.481 e. The van der Waals surface area contributed by atoms with E-state index in [9.17, 15) is 9.90 Å². The van der Waals surface area contributed by atoms with Gasteiger partial charge in [-0.2, -0.15) is 4.98 Å². The lowest BCUT2D eigenvalue weighted by molar-refractivity contribution is -0.119. The highest BCUT2D eigenvalue weighted by molar-refractivity contribution is 6.31. The van der Waals surface area contributed by atoms with Gasteiger partial charge < -0.3 is 29.6 Å². The van der Waals surface area contributed by atoms with E-state index in [1.54, 1.807) is 31.4 Å². The maximum absolute atomic E-state index is 16.5. The van der Waals surface area contributed by atoms with Gasteiger partial charge in [-0.3, -0.25) is 9.69 Å². The molecule has 0 radical (unpaired) electrons. The van der Waals surface area contributed by atoms with E-state index in [2.05, 4.69) is 30.3 Å². The Morgan fingerprint density at radius 3 is 2.70 bits per heavy atom. The number of likely N-dealkylation sites (tertiary alicyclic amines) is 1. The minimum Gasteiger partial charge on any atom is -0.481 e. The summed E-state index contributed by atoms with van der Waals surface area (Å²) in [6.07, 6.45) is 2.68. The van der Waals surface area contributed by atoms with Gasteiger partial charge in [-0.15, -0.1) is 0 Å². The zero-order chi connectivity index (χ0) is 36.6. The quantitative estimate of drug-likeness (QED) is 0.124. The number of halogens is 2. The number of oxazole rings is 1. The first kappa shape index (κ1) is 35.0. The Bertz CT molecular complexity index is 2260. The molecule has 13 heteroatoms. The summed E-state index contributed by atoms with van der Waals surface area (Å²) < 4.78 is 34.6. The summed E-state index contributed by atoms with van der Waals surface area (Å²) in [5, 5.41) is 16.6. The summed E-state index contributed by atoms with van der Waals surface area (Å²) in [6, 6.07) is 16.4. The first-order valence-electron chi connectivity index (χ1n) is 17.8. The third kappa shape index (κ3) is 7.05. The number of rotatable bonds is 11. The highest BCUT2D eigenvalue weighted by atomic mass is 35.5. The molecule has 3 atom stereocenters. The second-order valence-electron chi connectivity index (χ2n) is 13.8. The molecule has 3 aliphatic rings. The molecule has 3 N–H and O–H groups in total. The molecule has 0 saturated carbocycles. The molecular formula is C40H38ClFN6O5. The molecular weight excluding hydrogens is 699 g/mol. The minimum atomic E-state index is -0.475. The Balaban J connectivity index is 1.03. The van der Waals surface area contributed by atoms with Crippen molar-refractivity contribution in [2.45, 2.75) is 63.4 Å². The summed E-state index contributed by atoms with van der Waals surface area (Å²) >= 11 is 6.70. The molecule has 53 heavy (non-hydrogen) atoms. The predicted molar refractivity (Wildman–Crippen MR) is 197 cm³/mol. The molecule has 8 rings (SSSR count). The topological polar surface area (TPSA) is 126 Å². The number of methoxy groups -OCH3 is 1. The van der Waals surface area contributed by atoms with Crippen LogP contribution in [0.2, 0.25) is 5.02 Å². The molecule has 0 unspecified atom stereocenters. The highest BCUT2D eigenvalue weighted by Gasteiger charge is 2.30. The van der Waals surface area contributed by atoms with Crippen molar-refractivity contribution in [3.63, 3.8) is 0 Å². The van der Waals surface area contributed by atoms with Gasteiger partial charge in [0.25, 0.3) is 0 Å². The summed E-state index contributed by atoms with van der Waals surface area (Å²) in [7, 11) is 1.56. The van der Waals surface area contributed by atoms with E-state index in [0.29, 0.717) is 78.7 Å². The Kier molecular flexibility index (Phi) is 9.74. The predicted octanol–water partition coefficient (Wildman–Crippen LogP) is 6.91. The van der Waals surface area contributed by atoms with Gasteiger partial charge in [0.15, 0.2) is 5.58 Å². The van der Waals surface area contributed by atoms with Crippen molar-refractivity contribution in [3.8, 4) is 34.3 Å². The fourth-order valence-corrected chi connectivity index (χ4v) is 7.91. The lowest BCUT2D eigenvalue weighted by atomic mass is 9.95. The number of nitrogens with one attached hydrogen (secondary N) is 2. The number of pyridine rings is 1. The van der Waals surface area contributed by atoms with Gasteiger partial charge in [0.05, 0.1) is 30.9 Å². The molecule has 3 aromatic carbocycles. The molecule has 11 nitrogen and oxygen atoms in total. The molecule has 272 valence electrons. The number of benzene rings is 3. The Labute approximate surface area is 310 Å². The van der Waals surface area contributed by atoms with E-state index in [1.807, 2.05) is 30.3 Å². The molecule has 4 heterocycles. The van der Waals surface area contributed by atoms with E-state index in [4.69, 9.17) is 32.1 Å². The summed E-state index contributed by atoms with van der Waals surface area (Å²) in [5.74, 6) is 0.366. The van der Waals surface area contributed by atoms with E-state index < -0.39 is 5.82 Å². The molecule has 5 aromatic rings. The van der Waals surface area contributed by atoms with E-state index in [1.165, 1.54) is 0 Å². The Hall–Kier alpha value is -5.06. The van der Waals surface area contributed by atoms with Crippen LogP contribution >= 0.6 is 11.6 Å². The van der Waals surface area contributed by atoms with Crippen LogP contribution in [0, 0.1) is 12.4 Å². The number of aliphatic hydroxyl groups excluding tert-OH is 1. The third-order valence-electron chi connectivity index (χ3n) is 10.3. The average Bonchev–Trinajstić information content (AvgIpc) is 3.96. The SMILES string of the molecule is [C-]#[N+]c1cc(CNC[C@@H]2CCC(=O)N2)cc2nc(-c3cccc(-c4cccc5c4CC[C@H]5Oc4nc(OC)c(CN5CC[C@@H](O)C5)cc4Cl)c3F)oc12. The van der Waals surface area contributed by atoms with E-state index in [-0.39, 0.29) is 41.5 Å². The van der Waals surface area contributed by atoms with Crippen molar-refractivity contribution in [3.05, 3.63) is 99.1 Å². The fraction of sp³-hybridized carbons (Fsp3) is 0.350. The van der Waals surface area contributed by atoms with Crippen LogP contribution in [0.15, 0.2) is 59.0 Å². The van der Waals surface area contributed by atoms with E-state index >= 15 is 4.39 Å². The van der Waals surface area contributed by atoms with Crippen LogP contribution in [0.4, 0.5) is 10.1 Å². The molecule has 1 amide bonds. The number of nitrogens with zero attached hydrogens (tertiary/aromatic N) is 4. The van der Waals surface area contributed by atoms with Gasteiger partial charge in [0, 0.05) is 56.3 Å². The maximum atomic E-state index is 16.5. The molecule has 0 spiro atoms. The lowest BCUT2D eigenvalue weighted by Crippen LogP contribution is -2.35. The van der Waals surface area contributed by atoms with Crippen LogP contribution in [0.3, 0.4) is 0 Å². The van der Waals surface area contributed by atoms with Crippen molar-refractivity contribution in [2.75, 3.05) is 26.7 Å². The van der Waals surface area contributed by atoms with Crippen LogP contribution in [-0.4, -0.2) is 64.8 Å². The van der Waals surface area contributed by atoms with Gasteiger partial charge >= 0.3 is 0 Å². The number of β-amino-alcohol motifs (C(OH)–C–C–N with tert-alkyl or cyclic N) is 1. The normalized spacial score (nSPS) is 19.8. The van der Waals surface area contributed by atoms with Gasteiger partial charge in [-0.25, -0.2) is 14.2 Å². The smallest absolute Gasteiger partial charge is 0.236 e. The molecule has 1 aliphatic carbocycles. The number of fused-ring (bicyclic) bond motifs is 2. The van der Waals surface area contributed by atoms with Crippen molar-refractivity contribution >= 4 is 34.3 Å². The number of hydrogen-bond acceptors (Lipinski definition) is 9. The van der Waals surface area contributed by atoms with Gasteiger partial charge in [-0.05, 0) is 72.2 Å². The number of carbonyl (C=O) groups excluding carboxylic acids is 1. The third-order valence-corrected chi connectivity index (χ3v) is 10.5. The number of carbonyl (C=O) groups is 1. The summed E-state index contributed by atoms with van der Waals surface area (Å²) in [4.78, 5) is 26.6. The maximum Gasteiger partial charge on any atom is 0.236 e. The molecule has 2 aliphatic heterocycles. The monoisotopic (exact) mass is 736 g/mol. The van der Waals surface area contributed by atoms with Crippen LogP contribution in [-0.2, 0) is 24.3 Å². The molecule has 0 bridgehead atoms. The zero-order valence-corrected chi connectivity index (χ0v) is 29.9. The Morgan fingerprint density at radius 1 is 1.09 bits per heavy atom. The summed E-state index contributed by atoms with van der Waals surface area (Å²) in [5.41, 5.74) is 5.98. The van der Waals surface area contributed by atoms with Crippen LogP contribution in [0.5, 0.6) is 11.8 Å². The second kappa shape index (κ2) is 14.8. The lowest BCUT2D eigenvalue weighted by Gasteiger charge is -2.20. The number of hydrogen-bond donors (Lipinski definition) is 3. The average molecular weight is 737 g/mol. The van der Waals surface area contributed by atoms with Gasteiger partial charge in [-0.1, -0.05) is 41.9 Å². The number of ether oxygens (including phenoxy) is 2. The van der Waals surface area contributed by atoms with Crippen LogP contribution < -0.4 is 20.1 Å². The van der Waals surface area contributed by atoms with Gasteiger partial charge in [0.1, 0.15) is 16.9 Å². The van der Waals surface area contributed by atoms with Crippen molar-refractivity contribution < 1.29 is 28.2 Å². The van der Waals surface area contributed by atoms with Crippen molar-refractivity contribution in [2.24, 2.45) is 0 Å². The minimum absolute atomic E-state index is 0.0628. The first-order chi connectivity index (χ1) is 25.8. The van der Waals surface area contributed by atoms with Crippen LogP contribution in [0.25, 0.3) is 38.5 Å². The number of aromatic nitrogens is 2. The zero-order valence-electron chi connectivity index (χ0n) is 29.1. The highest BCUT2D eigenvalue weighted by Crippen LogP contribution is 2.43. The standard InChI is InChI=1S/C40H38ClFN6O5/c1-43-32-15-22(18-44-19-24-9-12-35(50)45-24)16-33-37(32)53-39(46-33)30-8-4-7-29(36(30)42)26-5-3-6-28-27(26)10-11-34(28)52-40-31(41)17-23(38(47-40)51-2)20-48-14-13-25(49)21-48/h3-8,15-17,24-25,34,44,49H,9-14,18-21H2,2H3,(H,45,50)/t24-,25+,34+/m0/s1. The number of aliphatic hydroxyl groups is 1. The molecule has 2 fully saturated rings. The molecule has 2 saturated heterocycles. The molecule has 2 aromatic heterocycles. The summed E-state index contributed by atoms with van der Waals surface area (Å²) in [6.45, 7) is 10.8. The fourth-order valence-electron chi connectivity index (χ4n) is 7.69. The first-order valence-corrected chi connectivity index (χ1v) is 18.2. The van der Waals surface area contributed by atoms with Gasteiger partial charge in [0.2, 0.25) is 29.2 Å². The number of amides is 1. The second-order valence-corrected chi connectivity index (χ2v) is 14.2. The Morgan fingerprint density at radius 2 is 1.92 bits per heavy atom.